The van der Waals surface area contributed by atoms with Crippen LogP contribution in [0.1, 0.15) is 43.7 Å². The molecule has 1 unspecified atom stereocenters. The minimum atomic E-state index is 0.106. The van der Waals surface area contributed by atoms with Crippen molar-refractivity contribution >= 4 is 17.5 Å². The van der Waals surface area contributed by atoms with Gasteiger partial charge in [0.05, 0.1) is 6.04 Å². The van der Waals surface area contributed by atoms with Crippen molar-refractivity contribution in [2.75, 3.05) is 20.6 Å². The molecule has 1 N–H and O–H groups in total. The first-order chi connectivity index (χ1) is 12.0. The number of likely N-dealkylation sites (N-methyl/N-ethyl adjacent to an activating group) is 1. The van der Waals surface area contributed by atoms with Gasteiger partial charge >= 0.3 is 0 Å². The Morgan fingerprint density at radius 2 is 1.72 bits per heavy atom. The maximum Gasteiger partial charge on any atom is 0.223 e. The van der Waals surface area contributed by atoms with E-state index in [4.69, 9.17) is 11.6 Å². The Kier molecular flexibility index (Phi) is 4.81. The van der Waals surface area contributed by atoms with E-state index in [0.717, 1.165) is 22.4 Å². The van der Waals surface area contributed by atoms with Crippen LogP contribution in [0.5, 0.6) is 0 Å². The summed E-state index contributed by atoms with van der Waals surface area (Å²) in [5.41, 5.74) is 1.08. The second-order valence-electron chi connectivity index (χ2n) is 8.70. The molecule has 0 aliphatic heterocycles. The zero-order valence-corrected chi connectivity index (χ0v) is 16.0. The summed E-state index contributed by atoms with van der Waals surface area (Å²) in [5, 5.41) is 4.05. The van der Waals surface area contributed by atoms with Crippen LogP contribution in [-0.4, -0.2) is 31.4 Å². The molecule has 25 heavy (non-hydrogen) atoms. The van der Waals surface area contributed by atoms with Crippen molar-refractivity contribution in [2.24, 2.45) is 29.6 Å². The van der Waals surface area contributed by atoms with Crippen molar-refractivity contribution in [1.82, 2.24) is 10.2 Å². The van der Waals surface area contributed by atoms with Gasteiger partial charge in [-0.2, -0.15) is 0 Å². The van der Waals surface area contributed by atoms with Crippen LogP contribution in [-0.2, 0) is 4.79 Å². The molecule has 4 aliphatic carbocycles. The van der Waals surface area contributed by atoms with Crippen LogP contribution in [0.25, 0.3) is 0 Å². The number of halogens is 1. The van der Waals surface area contributed by atoms with Crippen LogP contribution in [0.4, 0.5) is 0 Å². The maximum atomic E-state index is 13.0. The first-order valence-corrected chi connectivity index (χ1v) is 10.1. The van der Waals surface area contributed by atoms with Gasteiger partial charge in [-0.3, -0.25) is 4.79 Å². The number of amides is 1. The third-order valence-corrected chi connectivity index (χ3v) is 7.23. The number of hydrogen-bond donors (Lipinski definition) is 1. The molecular weight excluding hydrogens is 332 g/mol. The van der Waals surface area contributed by atoms with Gasteiger partial charge < -0.3 is 10.2 Å². The molecule has 4 bridgehead atoms. The fraction of sp³-hybridized carbons (Fsp3) is 0.667. The molecule has 1 amide bonds. The van der Waals surface area contributed by atoms with E-state index < -0.39 is 0 Å². The molecule has 136 valence electrons. The predicted octanol–water partition coefficient (Wildman–Crippen LogP) is 4.13. The largest absolute Gasteiger partial charge is 0.354 e. The minimum absolute atomic E-state index is 0.106. The van der Waals surface area contributed by atoms with E-state index in [2.05, 4.69) is 16.3 Å². The Balaban J connectivity index is 1.43. The Morgan fingerprint density at radius 1 is 1.12 bits per heavy atom. The molecule has 0 spiro atoms. The fourth-order valence-corrected chi connectivity index (χ4v) is 6.25. The number of rotatable bonds is 5. The molecule has 0 saturated heterocycles. The minimum Gasteiger partial charge on any atom is -0.354 e. The standard InChI is InChI=1S/C21H29ClN2O/c1-24(2)19(17-5-3-4-6-18(17)22)12-23-21(25)20-15-8-13-7-14(10-15)11-16(20)9-13/h3-6,13-16,19-20H,7-12H2,1-2H3,(H,23,25). The van der Waals surface area contributed by atoms with E-state index in [1.807, 2.05) is 32.3 Å². The Labute approximate surface area is 156 Å². The molecule has 0 aromatic heterocycles. The summed E-state index contributed by atoms with van der Waals surface area (Å²) in [7, 11) is 4.09. The average Bonchev–Trinajstić information content (AvgIpc) is 2.55. The van der Waals surface area contributed by atoms with Crippen molar-refractivity contribution < 1.29 is 4.79 Å². The second kappa shape index (κ2) is 6.92. The lowest BCUT2D eigenvalue weighted by Crippen LogP contribution is -2.51. The van der Waals surface area contributed by atoms with Crippen molar-refractivity contribution in [3.05, 3.63) is 34.9 Å². The number of benzene rings is 1. The second-order valence-corrected chi connectivity index (χ2v) is 9.11. The van der Waals surface area contributed by atoms with Gasteiger partial charge in [-0.25, -0.2) is 0 Å². The summed E-state index contributed by atoms with van der Waals surface area (Å²) < 4.78 is 0. The van der Waals surface area contributed by atoms with Crippen LogP contribution in [0, 0.1) is 29.6 Å². The third-order valence-electron chi connectivity index (χ3n) is 6.89. The van der Waals surface area contributed by atoms with Crippen LogP contribution < -0.4 is 5.32 Å². The summed E-state index contributed by atoms with van der Waals surface area (Å²) in [6, 6.07) is 8.05. The topological polar surface area (TPSA) is 32.3 Å². The SMILES string of the molecule is CN(C)C(CNC(=O)C1C2CC3CC(C2)CC1C3)c1ccccc1Cl. The van der Waals surface area contributed by atoms with E-state index in [-0.39, 0.29) is 17.9 Å². The number of carbonyl (C=O) groups excluding carboxylic acids is 1. The molecule has 0 heterocycles. The van der Waals surface area contributed by atoms with Crippen molar-refractivity contribution in [2.45, 2.75) is 38.1 Å². The summed E-state index contributed by atoms with van der Waals surface area (Å²) in [6.07, 6.45) is 6.56. The van der Waals surface area contributed by atoms with Crippen molar-refractivity contribution in [1.29, 1.82) is 0 Å². The lowest BCUT2D eigenvalue weighted by atomic mass is 9.51. The smallest absolute Gasteiger partial charge is 0.223 e. The molecule has 0 radical (unpaired) electrons. The first kappa shape index (κ1) is 17.4. The maximum absolute atomic E-state index is 13.0. The number of nitrogens with one attached hydrogen (secondary N) is 1. The molecule has 1 aromatic rings. The van der Waals surface area contributed by atoms with Gasteiger partial charge in [-0.15, -0.1) is 0 Å². The summed E-state index contributed by atoms with van der Waals surface area (Å²) >= 11 is 6.39. The van der Waals surface area contributed by atoms with Gasteiger partial charge in [0, 0.05) is 17.5 Å². The molecule has 4 fully saturated rings. The van der Waals surface area contributed by atoms with E-state index in [1.54, 1.807) is 0 Å². The van der Waals surface area contributed by atoms with Crippen LogP contribution in [0.2, 0.25) is 5.02 Å². The van der Waals surface area contributed by atoms with Gasteiger partial charge in [0.2, 0.25) is 5.91 Å². The molecule has 4 aliphatic rings. The highest BCUT2D eigenvalue weighted by Gasteiger charge is 2.50. The van der Waals surface area contributed by atoms with Crippen LogP contribution in [0.15, 0.2) is 24.3 Å². The fourth-order valence-electron chi connectivity index (χ4n) is 5.98. The first-order valence-electron chi connectivity index (χ1n) is 9.71. The molecule has 1 aromatic carbocycles. The molecule has 3 nitrogen and oxygen atoms in total. The lowest BCUT2D eigenvalue weighted by molar-refractivity contribution is -0.138. The highest BCUT2D eigenvalue weighted by molar-refractivity contribution is 6.31. The molecular formula is C21H29ClN2O. The lowest BCUT2D eigenvalue weighted by Gasteiger charge is -2.53. The molecule has 1 atom stereocenters. The highest BCUT2D eigenvalue weighted by Crippen LogP contribution is 2.56. The van der Waals surface area contributed by atoms with Crippen LogP contribution >= 0.6 is 11.6 Å². The number of hydrogen-bond acceptors (Lipinski definition) is 2. The summed E-state index contributed by atoms with van der Waals surface area (Å²) in [6.45, 7) is 0.623. The Bertz CT molecular complexity index is 617. The Hall–Kier alpha value is -1.06. The zero-order chi connectivity index (χ0) is 17.6. The molecule has 4 saturated carbocycles. The zero-order valence-electron chi connectivity index (χ0n) is 15.2. The summed E-state index contributed by atoms with van der Waals surface area (Å²) in [5.74, 6) is 3.62. The van der Waals surface area contributed by atoms with Gasteiger partial charge in [-0.1, -0.05) is 29.8 Å². The summed E-state index contributed by atoms with van der Waals surface area (Å²) in [4.78, 5) is 15.2. The van der Waals surface area contributed by atoms with Gasteiger partial charge in [0.25, 0.3) is 0 Å². The van der Waals surface area contributed by atoms with Crippen molar-refractivity contribution in [3.63, 3.8) is 0 Å². The number of carbonyl (C=O) groups is 1. The predicted molar refractivity (Wildman–Crippen MR) is 101 cm³/mol. The van der Waals surface area contributed by atoms with E-state index in [0.29, 0.717) is 18.4 Å². The number of nitrogens with zero attached hydrogens (tertiary/aromatic N) is 1. The third kappa shape index (κ3) is 3.33. The quantitative estimate of drug-likeness (QED) is 0.856. The van der Waals surface area contributed by atoms with Crippen LogP contribution in [0.3, 0.4) is 0 Å². The highest BCUT2D eigenvalue weighted by atomic mass is 35.5. The molecule has 4 heteroatoms. The van der Waals surface area contributed by atoms with E-state index in [9.17, 15) is 4.79 Å². The normalized spacial score (nSPS) is 34.3. The van der Waals surface area contributed by atoms with E-state index >= 15 is 0 Å². The van der Waals surface area contributed by atoms with Gasteiger partial charge in [0.1, 0.15) is 0 Å². The average molecular weight is 361 g/mol. The Morgan fingerprint density at radius 3 is 2.28 bits per heavy atom. The van der Waals surface area contributed by atoms with Crippen molar-refractivity contribution in [3.8, 4) is 0 Å². The monoisotopic (exact) mass is 360 g/mol. The van der Waals surface area contributed by atoms with Gasteiger partial charge in [0.15, 0.2) is 0 Å². The molecule has 5 rings (SSSR count). The van der Waals surface area contributed by atoms with Gasteiger partial charge in [-0.05, 0) is 81.5 Å². The van der Waals surface area contributed by atoms with E-state index in [1.165, 1.54) is 32.1 Å².